The molecule has 2 aromatic heterocycles. The number of furan rings is 1. The fourth-order valence-corrected chi connectivity index (χ4v) is 2.37. The van der Waals surface area contributed by atoms with Gasteiger partial charge in [0.1, 0.15) is 0 Å². The molecular formula is C14H15N3O3. The van der Waals surface area contributed by atoms with E-state index in [0.29, 0.717) is 13.1 Å². The summed E-state index contributed by atoms with van der Waals surface area (Å²) in [5.74, 6) is -0.0246. The highest BCUT2D eigenvalue weighted by Gasteiger charge is 2.14. The number of carbonyl (C=O) groups excluding carboxylic acids is 1. The summed E-state index contributed by atoms with van der Waals surface area (Å²) in [5, 5.41) is 7.04. The number of hydrogen-bond donors (Lipinski definition) is 1. The van der Waals surface area contributed by atoms with Crippen molar-refractivity contribution in [1.29, 1.82) is 0 Å². The molecule has 2 aromatic rings. The third kappa shape index (κ3) is 2.49. The topological polar surface area (TPSA) is 77.1 Å². The summed E-state index contributed by atoms with van der Waals surface area (Å²) in [6.07, 6.45) is 4.37. The molecule has 0 radical (unpaired) electrons. The van der Waals surface area contributed by atoms with Crippen LogP contribution in [-0.2, 0) is 19.4 Å². The molecule has 2 heterocycles. The third-order valence-electron chi connectivity index (χ3n) is 3.38. The first-order valence-electron chi connectivity index (χ1n) is 6.65. The van der Waals surface area contributed by atoms with Crippen LogP contribution in [0.5, 0.6) is 0 Å². The Labute approximate surface area is 115 Å². The summed E-state index contributed by atoms with van der Waals surface area (Å²) in [4.78, 5) is 23.5. The van der Waals surface area contributed by atoms with Gasteiger partial charge in [0.15, 0.2) is 5.76 Å². The minimum absolute atomic E-state index is 0.113. The number of hydrogen-bond acceptors (Lipinski definition) is 4. The van der Waals surface area contributed by atoms with Gasteiger partial charge in [-0.3, -0.25) is 9.59 Å². The van der Waals surface area contributed by atoms with Gasteiger partial charge in [0.25, 0.3) is 11.5 Å². The van der Waals surface area contributed by atoms with Crippen LogP contribution >= 0.6 is 0 Å². The summed E-state index contributed by atoms with van der Waals surface area (Å²) in [5.41, 5.74) is 1.95. The molecule has 0 bridgehead atoms. The van der Waals surface area contributed by atoms with Crippen molar-refractivity contribution in [1.82, 2.24) is 15.1 Å². The van der Waals surface area contributed by atoms with Gasteiger partial charge in [0, 0.05) is 12.6 Å². The molecule has 1 amide bonds. The number of nitrogens with zero attached hydrogens (tertiary/aromatic N) is 2. The minimum atomic E-state index is -0.288. The molecule has 0 spiro atoms. The molecule has 0 aromatic carbocycles. The normalized spacial score (nSPS) is 13.2. The molecule has 20 heavy (non-hydrogen) atoms. The zero-order valence-corrected chi connectivity index (χ0v) is 11.0. The Balaban J connectivity index is 1.62. The number of amides is 1. The van der Waals surface area contributed by atoms with Gasteiger partial charge in [-0.15, -0.1) is 0 Å². The number of aromatic nitrogens is 2. The van der Waals surface area contributed by atoms with Crippen molar-refractivity contribution in [3.05, 3.63) is 51.8 Å². The van der Waals surface area contributed by atoms with E-state index in [0.717, 1.165) is 30.5 Å². The summed E-state index contributed by atoms with van der Waals surface area (Å²) >= 11 is 0. The quantitative estimate of drug-likeness (QED) is 0.892. The number of aryl methyl sites for hydroxylation is 2. The van der Waals surface area contributed by atoms with Gasteiger partial charge in [-0.25, -0.2) is 4.68 Å². The second-order valence-corrected chi connectivity index (χ2v) is 4.76. The average Bonchev–Trinajstić information content (AvgIpc) is 3.08. The summed E-state index contributed by atoms with van der Waals surface area (Å²) in [7, 11) is 0. The minimum Gasteiger partial charge on any atom is -0.459 e. The lowest BCUT2D eigenvalue weighted by atomic mass is 10.2. The van der Waals surface area contributed by atoms with Gasteiger partial charge >= 0.3 is 0 Å². The largest absolute Gasteiger partial charge is 0.459 e. The Kier molecular flexibility index (Phi) is 3.37. The Hall–Kier alpha value is -2.37. The average molecular weight is 273 g/mol. The molecule has 0 aliphatic heterocycles. The zero-order chi connectivity index (χ0) is 13.9. The van der Waals surface area contributed by atoms with Crippen molar-refractivity contribution < 1.29 is 9.21 Å². The first kappa shape index (κ1) is 12.7. The van der Waals surface area contributed by atoms with Crippen molar-refractivity contribution >= 4 is 5.91 Å². The highest BCUT2D eigenvalue weighted by molar-refractivity contribution is 5.91. The first-order chi connectivity index (χ1) is 9.74. The molecule has 1 aliphatic carbocycles. The molecule has 1 aliphatic rings. The predicted molar refractivity (Wildman–Crippen MR) is 71.6 cm³/mol. The van der Waals surface area contributed by atoms with Crippen LogP contribution in [0.4, 0.5) is 0 Å². The summed E-state index contributed by atoms with van der Waals surface area (Å²) in [6, 6.07) is 4.90. The van der Waals surface area contributed by atoms with Crippen LogP contribution in [0, 0.1) is 0 Å². The molecule has 0 atom stereocenters. The Morgan fingerprint density at radius 1 is 1.45 bits per heavy atom. The van der Waals surface area contributed by atoms with Crippen LogP contribution in [0.1, 0.15) is 28.2 Å². The van der Waals surface area contributed by atoms with Crippen LogP contribution in [0.2, 0.25) is 0 Å². The molecule has 0 fully saturated rings. The van der Waals surface area contributed by atoms with E-state index < -0.39 is 0 Å². The molecule has 0 saturated heterocycles. The maximum Gasteiger partial charge on any atom is 0.287 e. The molecule has 3 rings (SSSR count). The van der Waals surface area contributed by atoms with E-state index >= 15 is 0 Å². The first-order valence-corrected chi connectivity index (χ1v) is 6.65. The molecule has 6 nitrogen and oxygen atoms in total. The van der Waals surface area contributed by atoms with E-state index in [1.807, 2.05) is 0 Å². The van der Waals surface area contributed by atoms with Crippen LogP contribution in [0.25, 0.3) is 0 Å². The number of carbonyl (C=O) groups is 1. The molecule has 0 saturated carbocycles. The number of fused-ring (bicyclic) bond motifs is 1. The molecule has 6 heteroatoms. The van der Waals surface area contributed by atoms with Crippen molar-refractivity contribution in [2.45, 2.75) is 25.8 Å². The van der Waals surface area contributed by atoms with Gasteiger partial charge in [0.05, 0.1) is 18.5 Å². The monoisotopic (exact) mass is 273 g/mol. The number of rotatable bonds is 4. The highest BCUT2D eigenvalue weighted by Crippen LogP contribution is 2.16. The van der Waals surface area contributed by atoms with Crippen LogP contribution in [-0.4, -0.2) is 22.2 Å². The third-order valence-corrected chi connectivity index (χ3v) is 3.38. The molecular weight excluding hydrogens is 258 g/mol. The van der Waals surface area contributed by atoms with Gasteiger partial charge in [-0.2, -0.15) is 5.10 Å². The lowest BCUT2D eigenvalue weighted by molar-refractivity contribution is 0.0924. The molecule has 1 N–H and O–H groups in total. The second-order valence-electron chi connectivity index (χ2n) is 4.76. The lowest BCUT2D eigenvalue weighted by Gasteiger charge is -2.07. The SMILES string of the molecule is O=C(NCCn1nc2c(cc1=O)CCC2)c1ccco1. The highest BCUT2D eigenvalue weighted by atomic mass is 16.3. The Morgan fingerprint density at radius 2 is 2.35 bits per heavy atom. The van der Waals surface area contributed by atoms with Crippen molar-refractivity contribution in [2.75, 3.05) is 6.54 Å². The fraction of sp³-hybridized carbons (Fsp3) is 0.357. The predicted octanol–water partition coefficient (Wildman–Crippen LogP) is 0.755. The molecule has 104 valence electrons. The second kappa shape index (κ2) is 5.32. The fourth-order valence-electron chi connectivity index (χ4n) is 2.37. The van der Waals surface area contributed by atoms with Gasteiger partial charge in [-0.05, 0) is 37.0 Å². The standard InChI is InChI=1S/C14H15N3O3/c18-13-9-10-3-1-4-11(10)16-17(13)7-6-15-14(19)12-5-2-8-20-12/h2,5,8-9H,1,3-4,6-7H2,(H,15,19). The van der Waals surface area contributed by atoms with Crippen LogP contribution < -0.4 is 10.9 Å². The van der Waals surface area contributed by atoms with Gasteiger partial charge < -0.3 is 9.73 Å². The van der Waals surface area contributed by atoms with Crippen molar-refractivity contribution in [3.8, 4) is 0 Å². The summed E-state index contributed by atoms with van der Waals surface area (Å²) in [6.45, 7) is 0.698. The summed E-state index contributed by atoms with van der Waals surface area (Å²) < 4.78 is 6.40. The number of nitrogens with one attached hydrogen (secondary N) is 1. The van der Waals surface area contributed by atoms with E-state index in [2.05, 4.69) is 10.4 Å². The van der Waals surface area contributed by atoms with Crippen LogP contribution in [0.3, 0.4) is 0 Å². The van der Waals surface area contributed by atoms with Crippen molar-refractivity contribution in [3.63, 3.8) is 0 Å². The zero-order valence-electron chi connectivity index (χ0n) is 11.0. The van der Waals surface area contributed by atoms with Gasteiger partial charge in [-0.1, -0.05) is 0 Å². The Bertz CT molecular complexity index is 673. The van der Waals surface area contributed by atoms with E-state index in [-0.39, 0.29) is 17.2 Å². The smallest absolute Gasteiger partial charge is 0.287 e. The maximum absolute atomic E-state index is 11.9. The van der Waals surface area contributed by atoms with Crippen molar-refractivity contribution in [2.24, 2.45) is 0 Å². The van der Waals surface area contributed by atoms with Gasteiger partial charge in [0.2, 0.25) is 0 Å². The van der Waals surface area contributed by atoms with E-state index in [4.69, 9.17) is 4.42 Å². The van der Waals surface area contributed by atoms with E-state index in [9.17, 15) is 9.59 Å². The molecule has 0 unspecified atom stereocenters. The Morgan fingerprint density at radius 3 is 3.15 bits per heavy atom. The van der Waals surface area contributed by atoms with E-state index in [1.165, 1.54) is 10.9 Å². The maximum atomic E-state index is 11.9. The lowest BCUT2D eigenvalue weighted by Crippen LogP contribution is -2.32. The van der Waals surface area contributed by atoms with E-state index in [1.54, 1.807) is 18.2 Å². The van der Waals surface area contributed by atoms with Crippen LogP contribution in [0.15, 0.2) is 33.7 Å².